The smallest absolute Gasteiger partial charge is 0.407 e. The molecular formula is C12H23ClN2O2. The zero-order chi connectivity index (χ0) is 11.2. The molecule has 1 aliphatic carbocycles. The van der Waals surface area contributed by atoms with Gasteiger partial charge >= 0.3 is 6.09 Å². The van der Waals surface area contributed by atoms with Gasteiger partial charge in [0.25, 0.3) is 0 Å². The van der Waals surface area contributed by atoms with E-state index in [9.17, 15) is 4.79 Å². The van der Waals surface area contributed by atoms with Crippen LogP contribution in [-0.2, 0) is 4.74 Å². The number of piperidine rings is 1. The summed E-state index contributed by atoms with van der Waals surface area (Å²) >= 11 is 0. The van der Waals surface area contributed by atoms with Crippen molar-refractivity contribution < 1.29 is 9.53 Å². The molecule has 100 valence electrons. The van der Waals surface area contributed by atoms with E-state index < -0.39 is 0 Å². The van der Waals surface area contributed by atoms with Gasteiger partial charge in [-0.2, -0.15) is 0 Å². The number of amides is 1. The van der Waals surface area contributed by atoms with Crippen LogP contribution in [0.25, 0.3) is 0 Å². The summed E-state index contributed by atoms with van der Waals surface area (Å²) in [4.78, 5) is 11.5. The third kappa shape index (κ3) is 5.13. The molecule has 1 heterocycles. The highest BCUT2D eigenvalue weighted by molar-refractivity contribution is 5.85. The van der Waals surface area contributed by atoms with E-state index in [2.05, 4.69) is 10.6 Å². The minimum atomic E-state index is -0.237. The van der Waals surface area contributed by atoms with Crippen molar-refractivity contribution >= 4 is 18.5 Å². The molecule has 1 atom stereocenters. The van der Waals surface area contributed by atoms with Crippen LogP contribution in [0.3, 0.4) is 0 Å². The first-order valence-corrected chi connectivity index (χ1v) is 6.51. The van der Waals surface area contributed by atoms with E-state index >= 15 is 0 Å². The van der Waals surface area contributed by atoms with E-state index in [0.29, 0.717) is 18.7 Å². The van der Waals surface area contributed by atoms with Crippen molar-refractivity contribution in [3.8, 4) is 0 Å². The molecule has 2 fully saturated rings. The van der Waals surface area contributed by atoms with Gasteiger partial charge in [-0.25, -0.2) is 4.79 Å². The van der Waals surface area contributed by atoms with Gasteiger partial charge < -0.3 is 15.4 Å². The molecule has 1 aliphatic heterocycles. The number of alkyl carbamates (subject to hydrolysis) is 1. The van der Waals surface area contributed by atoms with Gasteiger partial charge in [0.15, 0.2) is 0 Å². The molecule has 0 aromatic heterocycles. The van der Waals surface area contributed by atoms with Crippen molar-refractivity contribution in [3.63, 3.8) is 0 Å². The minimum absolute atomic E-state index is 0. The average molecular weight is 263 g/mol. The largest absolute Gasteiger partial charge is 0.448 e. The molecule has 4 nitrogen and oxygen atoms in total. The Bertz CT molecular complexity index is 227. The van der Waals surface area contributed by atoms with Gasteiger partial charge in [-0.3, -0.25) is 0 Å². The van der Waals surface area contributed by atoms with Crippen LogP contribution in [0.15, 0.2) is 0 Å². The highest BCUT2D eigenvalue weighted by Gasteiger charge is 2.19. The van der Waals surface area contributed by atoms with Gasteiger partial charge in [0, 0.05) is 12.1 Å². The van der Waals surface area contributed by atoms with E-state index in [0.717, 1.165) is 25.8 Å². The van der Waals surface area contributed by atoms with Crippen molar-refractivity contribution in [2.24, 2.45) is 0 Å². The van der Waals surface area contributed by atoms with Crippen LogP contribution >= 0.6 is 12.4 Å². The molecule has 1 saturated heterocycles. The Labute approximate surface area is 109 Å². The predicted octanol–water partition coefficient (Wildman–Crippen LogP) is 2.22. The topological polar surface area (TPSA) is 50.4 Å². The quantitative estimate of drug-likeness (QED) is 0.820. The molecule has 1 amide bonds. The second-order valence-corrected chi connectivity index (χ2v) is 4.87. The van der Waals surface area contributed by atoms with E-state index in [4.69, 9.17) is 4.74 Å². The molecule has 1 saturated carbocycles. The van der Waals surface area contributed by atoms with Crippen LogP contribution in [0.1, 0.15) is 44.9 Å². The van der Waals surface area contributed by atoms with Crippen LogP contribution in [-0.4, -0.2) is 31.3 Å². The number of hydrogen-bond donors (Lipinski definition) is 2. The SMILES string of the molecule is Cl.O=C(NC1CCCC1)OCC1CCCCN1. The van der Waals surface area contributed by atoms with Crippen LogP contribution in [0.4, 0.5) is 4.79 Å². The van der Waals surface area contributed by atoms with E-state index in [1.54, 1.807) is 0 Å². The van der Waals surface area contributed by atoms with Gasteiger partial charge in [-0.05, 0) is 32.2 Å². The highest BCUT2D eigenvalue weighted by atomic mass is 35.5. The third-order valence-electron chi connectivity index (χ3n) is 3.51. The van der Waals surface area contributed by atoms with Crippen LogP contribution in [0.5, 0.6) is 0 Å². The molecule has 0 aromatic carbocycles. The Morgan fingerprint density at radius 3 is 2.53 bits per heavy atom. The minimum Gasteiger partial charge on any atom is -0.448 e. The average Bonchev–Trinajstić information content (AvgIpc) is 2.81. The summed E-state index contributed by atoms with van der Waals surface area (Å²) in [5, 5.41) is 6.29. The first-order valence-electron chi connectivity index (χ1n) is 6.51. The maximum absolute atomic E-state index is 11.5. The second-order valence-electron chi connectivity index (χ2n) is 4.87. The van der Waals surface area contributed by atoms with Gasteiger partial charge in [-0.1, -0.05) is 19.3 Å². The maximum atomic E-state index is 11.5. The standard InChI is InChI=1S/C12H22N2O2.ClH/c15-12(14-10-5-1-2-6-10)16-9-11-7-3-4-8-13-11;/h10-11,13H,1-9H2,(H,14,15);1H. The number of hydrogen-bond acceptors (Lipinski definition) is 3. The second kappa shape index (κ2) is 7.77. The van der Waals surface area contributed by atoms with Crippen LogP contribution in [0, 0.1) is 0 Å². The Morgan fingerprint density at radius 2 is 1.88 bits per heavy atom. The lowest BCUT2D eigenvalue weighted by Gasteiger charge is -2.23. The fraction of sp³-hybridized carbons (Fsp3) is 0.917. The van der Waals surface area contributed by atoms with Crippen LogP contribution < -0.4 is 10.6 Å². The number of nitrogens with one attached hydrogen (secondary N) is 2. The van der Waals surface area contributed by atoms with Crippen molar-refractivity contribution in [1.29, 1.82) is 0 Å². The molecule has 2 aliphatic rings. The van der Waals surface area contributed by atoms with Gasteiger partial charge in [0.1, 0.15) is 6.61 Å². The Morgan fingerprint density at radius 1 is 1.18 bits per heavy atom. The summed E-state index contributed by atoms with van der Waals surface area (Å²) in [6, 6.07) is 0.717. The summed E-state index contributed by atoms with van der Waals surface area (Å²) in [5.41, 5.74) is 0. The molecule has 2 N–H and O–H groups in total. The Balaban J connectivity index is 0.00000144. The molecule has 1 unspecified atom stereocenters. The fourth-order valence-electron chi connectivity index (χ4n) is 2.52. The lowest BCUT2D eigenvalue weighted by Crippen LogP contribution is -2.40. The molecule has 0 spiro atoms. The van der Waals surface area contributed by atoms with Gasteiger partial charge in [-0.15, -0.1) is 12.4 Å². The van der Waals surface area contributed by atoms with Crippen molar-refractivity contribution in [3.05, 3.63) is 0 Å². The normalized spacial score (nSPS) is 25.1. The van der Waals surface area contributed by atoms with E-state index in [1.165, 1.54) is 25.7 Å². The van der Waals surface area contributed by atoms with Crippen molar-refractivity contribution in [1.82, 2.24) is 10.6 Å². The van der Waals surface area contributed by atoms with Crippen molar-refractivity contribution in [2.75, 3.05) is 13.2 Å². The summed E-state index contributed by atoms with van der Waals surface area (Å²) in [5.74, 6) is 0. The first kappa shape index (κ1) is 14.6. The fourth-order valence-corrected chi connectivity index (χ4v) is 2.52. The number of ether oxygens (including phenoxy) is 1. The summed E-state index contributed by atoms with van der Waals surface area (Å²) in [6.45, 7) is 1.57. The molecule has 0 radical (unpaired) electrons. The molecule has 2 rings (SSSR count). The maximum Gasteiger partial charge on any atom is 0.407 e. The van der Waals surface area contributed by atoms with Crippen molar-refractivity contribution in [2.45, 2.75) is 57.0 Å². The number of halogens is 1. The summed E-state index contributed by atoms with van der Waals surface area (Å²) < 4.78 is 5.23. The zero-order valence-corrected chi connectivity index (χ0v) is 11.1. The lowest BCUT2D eigenvalue weighted by atomic mass is 10.1. The lowest BCUT2D eigenvalue weighted by molar-refractivity contribution is 0.124. The number of carbonyl (C=O) groups is 1. The third-order valence-corrected chi connectivity index (χ3v) is 3.51. The predicted molar refractivity (Wildman–Crippen MR) is 69.6 cm³/mol. The molecular weight excluding hydrogens is 240 g/mol. The Hall–Kier alpha value is -0.480. The molecule has 0 bridgehead atoms. The van der Waals surface area contributed by atoms with Crippen LogP contribution in [0.2, 0.25) is 0 Å². The number of rotatable bonds is 3. The number of carbonyl (C=O) groups excluding carboxylic acids is 1. The molecule has 17 heavy (non-hydrogen) atoms. The Kier molecular flexibility index (Phi) is 6.66. The summed E-state index contributed by atoms with van der Waals surface area (Å²) in [7, 11) is 0. The monoisotopic (exact) mass is 262 g/mol. The highest BCUT2D eigenvalue weighted by Crippen LogP contribution is 2.17. The van der Waals surface area contributed by atoms with Gasteiger partial charge in [0.2, 0.25) is 0 Å². The molecule has 5 heteroatoms. The zero-order valence-electron chi connectivity index (χ0n) is 10.2. The molecule has 0 aromatic rings. The first-order chi connectivity index (χ1) is 7.84. The summed E-state index contributed by atoms with van der Waals surface area (Å²) in [6.07, 6.45) is 8.05. The van der Waals surface area contributed by atoms with E-state index in [1.807, 2.05) is 0 Å². The van der Waals surface area contributed by atoms with E-state index in [-0.39, 0.29) is 18.5 Å². The van der Waals surface area contributed by atoms with Gasteiger partial charge in [0.05, 0.1) is 0 Å².